The summed E-state index contributed by atoms with van der Waals surface area (Å²) < 4.78 is 0. The third-order valence-corrected chi connectivity index (χ3v) is 4.24. The van der Waals surface area contributed by atoms with Crippen molar-refractivity contribution in [2.45, 2.75) is 42.7 Å². The highest BCUT2D eigenvalue weighted by molar-refractivity contribution is 7.98. The Balaban J connectivity index is 1.91. The number of hydrogen-bond acceptors (Lipinski definition) is 3. The molecule has 0 saturated carbocycles. The van der Waals surface area contributed by atoms with Gasteiger partial charge in [0.2, 0.25) is 0 Å². The Labute approximate surface area is 108 Å². The fraction of sp³-hybridized carbons (Fsp3) is 0.571. The zero-order valence-electron chi connectivity index (χ0n) is 10.5. The molecule has 0 aliphatic carbocycles. The van der Waals surface area contributed by atoms with Gasteiger partial charge in [-0.1, -0.05) is 18.6 Å². The van der Waals surface area contributed by atoms with Crippen LogP contribution in [-0.2, 0) is 0 Å². The molecule has 0 bridgehead atoms. The fourth-order valence-corrected chi connectivity index (χ4v) is 2.83. The van der Waals surface area contributed by atoms with E-state index in [-0.39, 0.29) is 6.04 Å². The minimum absolute atomic E-state index is 0.168. The van der Waals surface area contributed by atoms with Crippen molar-refractivity contribution in [3.05, 3.63) is 29.8 Å². The molecule has 0 aromatic heterocycles. The number of nitrogens with two attached hydrogens (primary N) is 1. The van der Waals surface area contributed by atoms with E-state index in [4.69, 9.17) is 5.73 Å². The van der Waals surface area contributed by atoms with Crippen molar-refractivity contribution in [3.8, 4) is 0 Å². The van der Waals surface area contributed by atoms with Crippen molar-refractivity contribution >= 4 is 11.8 Å². The molecule has 1 saturated heterocycles. The number of hydrogen-bond donors (Lipinski definition) is 2. The van der Waals surface area contributed by atoms with E-state index in [0.29, 0.717) is 6.04 Å². The molecule has 0 spiro atoms. The van der Waals surface area contributed by atoms with Gasteiger partial charge in [-0.3, -0.25) is 0 Å². The third kappa shape index (κ3) is 3.73. The van der Waals surface area contributed by atoms with Crippen LogP contribution in [0.25, 0.3) is 0 Å². The molecule has 1 fully saturated rings. The molecule has 2 nitrogen and oxygen atoms in total. The molecular formula is C14H22N2S. The van der Waals surface area contributed by atoms with Crippen LogP contribution in [-0.4, -0.2) is 18.8 Å². The summed E-state index contributed by atoms with van der Waals surface area (Å²) in [6, 6.07) is 9.43. The highest BCUT2D eigenvalue weighted by Crippen LogP contribution is 2.22. The van der Waals surface area contributed by atoms with Crippen LogP contribution < -0.4 is 11.1 Å². The first kappa shape index (κ1) is 12.9. The van der Waals surface area contributed by atoms with Crippen molar-refractivity contribution < 1.29 is 0 Å². The van der Waals surface area contributed by atoms with Crippen molar-refractivity contribution in [2.75, 3.05) is 12.8 Å². The summed E-state index contributed by atoms with van der Waals surface area (Å²) in [5.74, 6) is 0. The molecule has 1 aromatic rings. The maximum Gasteiger partial charge on any atom is 0.0309 e. The first-order chi connectivity index (χ1) is 8.29. The summed E-state index contributed by atoms with van der Waals surface area (Å²) in [6.45, 7) is 1.16. The largest absolute Gasteiger partial charge is 0.324 e. The number of nitrogens with one attached hydrogen (secondary N) is 1. The topological polar surface area (TPSA) is 38.0 Å². The van der Waals surface area contributed by atoms with Gasteiger partial charge in [-0.05, 0) is 49.8 Å². The van der Waals surface area contributed by atoms with Gasteiger partial charge in [-0.2, -0.15) is 0 Å². The van der Waals surface area contributed by atoms with Crippen LogP contribution in [0.2, 0.25) is 0 Å². The fourth-order valence-electron chi connectivity index (χ4n) is 2.42. The molecule has 1 heterocycles. The van der Waals surface area contributed by atoms with Crippen molar-refractivity contribution in [3.63, 3.8) is 0 Å². The van der Waals surface area contributed by atoms with Crippen molar-refractivity contribution in [1.29, 1.82) is 0 Å². The monoisotopic (exact) mass is 250 g/mol. The lowest BCUT2D eigenvalue weighted by atomic mass is 9.95. The van der Waals surface area contributed by atoms with E-state index in [9.17, 15) is 0 Å². The molecule has 1 aliphatic rings. The van der Waals surface area contributed by atoms with Gasteiger partial charge in [0.25, 0.3) is 0 Å². The maximum absolute atomic E-state index is 6.27. The van der Waals surface area contributed by atoms with E-state index in [1.165, 1.54) is 29.7 Å². The molecule has 2 atom stereocenters. The molecule has 3 N–H and O–H groups in total. The van der Waals surface area contributed by atoms with E-state index < -0.39 is 0 Å². The van der Waals surface area contributed by atoms with Gasteiger partial charge in [-0.15, -0.1) is 11.8 Å². The second-order valence-electron chi connectivity index (χ2n) is 4.76. The second-order valence-corrected chi connectivity index (χ2v) is 5.64. The summed E-state index contributed by atoms with van der Waals surface area (Å²) in [5, 5.41) is 3.56. The molecule has 2 unspecified atom stereocenters. The van der Waals surface area contributed by atoms with E-state index in [2.05, 4.69) is 35.8 Å². The summed E-state index contributed by atoms with van der Waals surface area (Å²) in [7, 11) is 0. The smallest absolute Gasteiger partial charge is 0.0309 e. The SMILES string of the molecule is CSc1ccc(C(N)CC2CCCCN2)cc1. The van der Waals surface area contributed by atoms with Crippen LogP contribution in [0.1, 0.15) is 37.3 Å². The minimum atomic E-state index is 0.168. The summed E-state index contributed by atoms with van der Waals surface area (Å²) in [4.78, 5) is 1.30. The number of thioether (sulfide) groups is 1. The predicted molar refractivity (Wildman–Crippen MR) is 75.4 cm³/mol. The Morgan fingerprint density at radius 2 is 2.12 bits per heavy atom. The van der Waals surface area contributed by atoms with Crippen LogP contribution in [0.5, 0.6) is 0 Å². The summed E-state index contributed by atoms with van der Waals surface area (Å²) in [6.07, 6.45) is 7.08. The Morgan fingerprint density at radius 3 is 2.71 bits per heavy atom. The van der Waals surface area contributed by atoms with Gasteiger partial charge in [0, 0.05) is 17.0 Å². The van der Waals surface area contributed by atoms with E-state index in [1.54, 1.807) is 11.8 Å². The first-order valence-electron chi connectivity index (χ1n) is 6.42. The summed E-state index contributed by atoms with van der Waals surface area (Å²) >= 11 is 1.77. The summed E-state index contributed by atoms with van der Waals surface area (Å²) in [5.41, 5.74) is 7.53. The third-order valence-electron chi connectivity index (χ3n) is 3.49. The Kier molecular flexibility index (Phi) is 4.89. The lowest BCUT2D eigenvalue weighted by Crippen LogP contribution is -2.36. The molecule has 17 heavy (non-hydrogen) atoms. The molecule has 0 radical (unpaired) electrons. The Hall–Kier alpha value is -0.510. The quantitative estimate of drug-likeness (QED) is 0.807. The van der Waals surface area contributed by atoms with Crippen LogP contribution in [0.15, 0.2) is 29.2 Å². The molecule has 0 amide bonds. The van der Waals surface area contributed by atoms with E-state index in [0.717, 1.165) is 13.0 Å². The molecule has 2 rings (SSSR count). The van der Waals surface area contributed by atoms with Crippen LogP contribution in [0.4, 0.5) is 0 Å². The predicted octanol–water partition coefficient (Wildman–Crippen LogP) is 2.94. The molecule has 3 heteroatoms. The highest BCUT2D eigenvalue weighted by Gasteiger charge is 2.16. The molecule has 1 aliphatic heterocycles. The maximum atomic E-state index is 6.27. The highest BCUT2D eigenvalue weighted by atomic mass is 32.2. The van der Waals surface area contributed by atoms with Crippen molar-refractivity contribution in [1.82, 2.24) is 5.32 Å². The lowest BCUT2D eigenvalue weighted by molar-refractivity contribution is 0.362. The van der Waals surface area contributed by atoms with Crippen LogP contribution in [0, 0.1) is 0 Å². The van der Waals surface area contributed by atoms with Crippen molar-refractivity contribution in [2.24, 2.45) is 5.73 Å². The number of rotatable bonds is 4. The van der Waals surface area contributed by atoms with E-state index >= 15 is 0 Å². The van der Waals surface area contributed by atoms with Gasteiger partial charge in [0.15, 0.2) is 0 Å². The lowest BCUT2D eigenvalue weighted by Gasteiger charge is -2.26. The van der Waals surface area contributed by atoms with Crippen LogP contribution >= 0.6 is 11.8 Å². The Bertz CT molecular complexity index is 331. The van der Waals surface area contributed by atoms with Gasteiger partial charge in [-0.25, -0.2) is 0 Å². The average molecular weight is 250 g/mol. The standard InChI is InChI=1S/C14H22N2S/c1-17-13-7-5-11(6-8-13)14(15)10-12-4-2-3-9-16-12/h5-8,12,14,16H,2-4,9-10,15H2,1H3. The van der Waals surface area contributed by atoms with Gasteiger partial charge in [0.05, 0.1) is 0 Å². The van der Waals surface area contributed by atoms with Crippen LogP contribution in [0.3, 0.4) is 0 Å². The average Bonchev–Trinajstić information content (AvgIpc) is 2.40. The normalized spacial score (nSPS) is 22.4. The second kappa shape index (κ2) is 6.43. The van der Waals surface area contributed by atoms with E-state index in [1.807, 2.05) is 0 Å². The number of benzene rings is 1. The van der Waals surface area contributed by atoms with Gasteiger partial charge < -0.3 is 11.1 Å². The molecule has 1 aromatic carbocycles. The zero-order chi connectivity index (χ0) is 12.1. The zero-order valence-corrected chi connectivity index (χ0v) is 11.3. The van der Waals surface area contributed by atoms with Gasteiger partial charge >= 0.3 is 0 Å². The number of piperidine rings is 1. The molecular weight excluding hydrogens is 228 g/mol. The molecule has 94 valence electrons. The first-order valence-corrected chi connectivity index (χ1v) is 7.65. The Morgan fingerprint density at radius 1 is 1.35 bits per heavy atom. The van der Waals surface area contributed by atoms with Gasteiger partial charge in [0.1, 0.15) is 0 Å². The minimum Gasteiger partial charge on any atom is -0.324 e.